The van der Waals surface area contributed by atoms with E-state index in [9.17, 15) is 25.2 Å². The molecule has 9 heteroatoms. The Labute approximate surface area is 132 Å². The lowest BCUT2D eigenvalue weighted by Crippen LogP contribution is -2.51. The summed E-state index contributed by atoms with van der Waals surface area (Å²) in [5.41, 5.74) is 0.617. The summed E-state index contributed by atoms with van der Waals surface area (Å²) in [6.07, 6.45) is -7.24. The molecule has 1 aromatic rings. The second kappa shape index (κ2) is 8.65. The van der Waals surface area contributed by atoms with Gasteiger partial charge in [-0.25, -0.2) is 0 Å². The molecule has 0 heterocycles. The SMILES string of the molecule is O=C(NCCc1ccc(O)c(O)c1)[C@H](O)[C@@H](O)[C@H](O)[C@H](O)CO. The van der Waals surface area contributed by atoms with Crippen LogP contribution in [0.25, 0.3) is 0 Å². The van der Waals surface area contributed by atoms with E-state index in [1.165, 1.54) is 18.2 Å². The molecular weight excluding hydrogens is 310 g/mol. The maximum absolute atomic E-state index is 11.6. The monoisotopic (exact) mass is 331 g/mol. The molecule has 0 saturated carbocycles. The summed E-state index contributed by atoms with van der Waals surface area (Å²) in [6.45, 7) is -0.775. The van der Waals surface area contributed by atoms with Gasteiger partial charge >= 0.3 is 0 Å². The van der Waals surface area contributed by atoms with E-state index in [1.54, 1.807) is 0 Å². The molecule has 0 radical (unpaired) electrons. The fourth-order valence-corrected chi connectivity index (χ4v) is 1.84. The van der Waals surface area contributed by atoms with Crippen molar-refractivity contribution in [1.82, 2.24) is 5.32 Å². The number of nitrogens with one attached hydrogen (secondary N) is 1. The zero-order chi connectivity index (χ0) is 17.6. The van der Waals surface area contributed by atoms with Gasteiger partial charge in [0.05, 0.1) is 6.61 Å². The first-order valence-electron chi connectivity index (χ1n) is 6.89. The van der Waals surface area contributed by atoms with Gasteiger partial charge in [-0.05, 0) is 24.1 Å². The molecule has 0 saturated heterocycles. The molecule has 0 aliphatic heterocycles. The highest BCUT2D eigenvalue weighted by Gasteiger charge is 2.33. The van der Waals surface area contributed by atoms with Crippen molar-refractivity contribution in [2.75, 3.05) is 13.2 Å². The van der Waals surface area contributed by atoms with Gasteiger partial charge in [-0.2, -0.15) is 0 Å². The van der Waals surface area contributed by atoms with E-state index >= 15 is 0 Å². The Kier molecular flexibility index (Phi) is 7.20. The second-order valence-electron chi connectivity index (χ2n) is 5.04. The number of phenolic OH excluding ortho intramolecular Hbond substituents is 2. The van der Waals surface area contributed by atoms with Crippen LogP contribution in [0.1, 0.15) is 5.56 Å². The zero-order valence-electron chi connectivity index (χ0n) is 12.2. The molecule has 1 aromatic carbocycles. The van der Waals surface area contributed by atoms with Crippen LogP contribution in [0, 0.1) is 0 Å². The Morgan fingerprint density at radius 1 is 1.04 bits per heavy atom. The van der Waals surface area contributed by atoms with Gasteiger partial charge in [0.2, 0.25) is 0 Å². The number of aliphatic hydroxyl groups excluding tert-OH is 5. The highest BCUT2D eigenvalue weighted by Crippen LogP contribution is 2.24. The highest BCUT2D eigenvalue weighted by atomic mass is 16.4. The van der Waals surface area contributed by atoms with Gasteiger partial charge in [-0.1, -0.05) is 6.07 Å². The van der Waals surface area contributed by atoms with E-state index in [0.29, 0.717) is 5.56 Å². The van der Waals surface area contributed by atoms with Crippen molar-refractivity contribution in [1.29, 1.82) is 0 Å². The molecule has 1 rings (SSSR count). The molecule has 8 N–H and O–H groups in total. The largest absolute Gasteiger partial charge is 0.504 e. The molecule has 1 amide bonds. The quantitative estimate of drug-likeness (QED) is 0.236. The van der Waals surface area contributed by atoms with Crippen LogP contribution in [-0.4, -0.2) is 79.2 Å². The first-order valence-corrected chi connectivity index (χ1v) is 6.89. The summed E-state index contributed by atoms with van der Waals surface area (Å²) in [6, 6.07) is 4.14. The van der Waals surface area contributed by atoms with Crippen LogP contribution in [0.4, 0.5) is 0 Å². The average molecular weight is 331 g/mol. The van der Waals surface area contributed by atoms with Crippen LogP contribution in [0.3, 0.4) is 0 Å². The van der Waals surface area contributed by atoms with E-state index in [1.807, 2.05) is 0 Å². The van der Waals surface area contributed by atoms with Crippen molar-refractivity contribution in [2.45, 2.75) is 30.8 Å². The summed E-state index contributed by atoms with van der Waals surface area (Å²) < 4.78 is 0. The number of phenols is 2. The van der Waals surface area contributed by atoms with Gasteiger partial charge in [0.25, 0.3) is 5.91 Å². The first-order chi connectivity index (χ1) is 10.8. The Balaban J connectivity index is 2.47. The molecule has 0 aliphatic rings. The molecule has 0 spiro atoms. The van der Waals surface area contributed by atoms with E-state index in [4.69, 9.17) is 15.3 Å². The zero-order valence-corrected chi connectivity index (χ0v) is 12.2. The maximum Gasteiger partial charge on any atom is 0.251 e. The fraction of sp³-hybridized carbons (Fsp3) is 0.500. The predicted molar refractivity (Wildman–Crippen MR) is 77.6 cm³/mol. The van der Waals surface area contributed by atoms with Crippen LogP contribution in [0.5, 0.6) is 11.5 Å². The first kappa shape index (κ1) is 19.1. The number of hydrogen-bond donors (Lipinski definition) is 8. The molecular formula is C14H21NO8. The number of rotatable bonds is 8. The number of aliphatic hydroxyl groups is 5. The third-order valence-electron chi connectivity index (χ3n) is 3.28. The molecule has 23 heavy (non-hydrogen) atoms. The number of hydrogen-bond acceptors (Lipinski definition) is 8. The van der Waals surface area contributed by atoms with Crippen molar-refractivity contribution >= 4 is 5.91 Å². The van der Waals surface area contributed by atoms with Crippen LogP contribution in [0.2, 0.25) is 0 Å². The topological polar surface area (TPSA) is 171 Å². The molecule has 0 bridgehead atoms. The van der Waals surface area contributed by atoms with Crippen molar-refractivity contribution in [3.63, 3.8) is 0 Å². The molecule has 0 unspecified atom stereocenters. The lowest BCUT2D eigenvalue weighted by molar-refractivity contribution is -0.148. The lowest BCUT2D eigenvalue weighted by Gasteiger charge is -2.24. The molecule has 0 aliphatic carbocycles. The van der Waals surface area contributed by atoms with E-state index in [2.05, 4.69) is 5.32 Å². The minimum absolute atomic E-state index is 0.0610. The predicted octanol–water partition coefficient (Wildman–Crippen LogP) is -2.81. The summed E-state index contributed by atoms with van der Waals surface area (Å²) >= 11 is 0. The summed E-state index contributed by atoms with van der Waals surface area (Å²) in [4.78, 5) is 11.6. The standard InChI is InChI=1S/C14H21NO8/c16-6-10(19)11(20)12(21)13(22)14(23)15-4-3-7-1-2-8(17)9(18)5-7/h1-2,5,10-13,16-22H,3-4,6H2,(H,15,23)/t10-,11-,12+,13-/m1/s1. The summed E-state index contributed by atoms with van der Waals surface area (Å²) in [7, 11) is 0. The maximum atomic E-state index is 11.6. The normalized spacial score (nSPS) is 16.4. The van der Waals surface area contributed by atoms with Gasteiger partial charge in [0, 0.05) is 6.54 Å². The Morgan fingerprint density at radius 3 is 2.26 bits per heavy atom. The molecule has 4 atom stereocenters. The fourth-order valence-electron chi connectivity index (χ4n) is 1.84. The Hall–Kier alpha value is -1.91. The molecule has 130 valence electrons. The van der Waals surface area contributed by atoms with Gasteiger partial charge in [-0.3, -0.25) is 4.79 Å². The van der Waals surface area contributed by atoms with Crippen molar-refractivity contribution in [2.24, 2.45) is 0 Å². The number of amides is 1. The van der Waals surface area contributed by atoms with Gasteiger partial charge in [-0.15, -0.1) is 0 Å². The third kappa shape index (κ3) is 5.34. The van der Waals surface area contributed by atoms with E-state index in [0.717, 1.165) is 0 Å². The number of benzene rings is 1. The number of carbonyl (C=O) groups excluding carboxylic acids is 1. The van der Waals surface area contributed by atoms with Gasteiger partial charge < -0.3 is 41.1 Å². The van der Waals surface area contributed by atoms with Gasteiger partial charge in [0.15, 0.2) is 17.6 Å². The molecule has 9 nitrogen and oxygen atoms in total. The summed E-state index contributed by atoms with van der Waals surface area (Å²) in [5, 5.41) is 67.1. The van der Waals surface area contributed by atoms with Crippen molar-refractivity contribution in [3.05, 3.63) is 23.8 Å². The lowest BCUT2D eigenvalue weighted by atomic mass is 10.0. The van der Waals surface area contributed by atoms with Crippen LogP contribution < -0.4 is 5.32 Å². The smallest absolute Gasteiger partial charge is 0.251 e. The molecule has 0 aromatic heterocycles. The van der Waals surface area contributed by atoms with E-state index < -0.39 is 36.9 Å². The number of carbonyl (C=O) groups is 1. The third-order valence-corrected chi connectivity index (χ3v) is 3.28. The highest BCUT2D eigenvalue weighted by molar-refractivity contribution is 5.81. The van der Waals surface area contributed by atoms with Crippen LogP contribution in [-0.2, 0) is 11.2 Å². The van der Waals surface area contributed by atoms with E-state index in [-0.39, 0.29) is 24.5 Å². The van der Waals surface area contributed by atoms with Crippen LogP contribution in [0.15, 0.2) is 18.2 Å². The Bertz CT molecular complexity index is 523. The van der Waals surface area contributed by atoms with Crippen LogP contribution >= 0.6 is 0 Å². The minimum Gasteiger partial charge on any atom is -0.504 e. The summed E-state index contributed by atoms with van der Waals surface area (Å²) in [5.74, 6) is -1.54. The molecule has 0 fully saturated rings. The Morgan fingerprint density at radius 2 is 1.70 bits per heavy atom. The second-order valence-corrected chi connectivity index (χ2v) is 5.04. The van der Waals surface area contributed by atoms with Gasteiger partial charge in [0.1, 0.15) is 18.3 Å². The van der Waals surface area contributed by atoms with Crippen molar-refractivity contribution < 1.29 is 40.5 Å². The van der Waals surface area contributed by atoms with Crippen molar-refractivity contribution in [3.8, 4) is 11.5 Å². The minimum atomic E-state index is -1.99. The number of aromatic hydroxyl groups is 2. The average Bonchev–Trinajstić information content (AvgIpc) is 2.55.